The summed E-state index contributed by atoms with van der Waals surface area (Å²) in [5.41, 5.74) is -0.158. The van der Waals surface area contributed by atoms with Gasteiger partial charge in [0.1, 0.15) is 0 Å². The van der Waals surface area contributed by atoms with Crippen molar-refractivity contribution in [3.8, 4) is 0 Å². The topological polar surface area (TPSA) is 69.6 Å². The predicted molar refractivity (Wildman–Crippen MR) is 64.8 cm³/mol. The van der Waals surface area contributed by atoms with Crippen LogP contribution in [0.5, 0.6) is 0 Å². The zero-order chi connectivity index (χ0) is 13.1. The molecule has 0 aromatic heterocycles. The van der Waals surface area contributed by atoms with Gasteiger partial charge in [-0.1, -0.05) is 13.8 Å². The number of carboxylic acids is 1. The average Bonchev–Trinajstić information content (AvgIpc) is 2.22. The van der Waals surface area contributed by atoms with Crippen LogP contribution in [0.2, 0.25) is 0 Å². The van der Waals surface area contributed by atoms with Gasteiger partial charge in [0.2, 0.25) is 0 Å². The maximum atomic E-state index is 11.9. The largest absolute Gasteiger partial charge is 0.481 e. The molecule has 1 aliphatic heterocycles. The van der Waals surface area contributed by atoms with Crippen LogP contribution in [0.1, 0.15) is 40.0 Å². The molecule has 2 amide bonds. The molecule has 0 radical (unpaired) electrons. The highest BCUT2D eigenvalue weighted by molar-refractivity contribution is 5.76. The number of hydrogen-bond donors (Lipinski definition) is 2. The highest BCUT2D eigenvalue weighted by Gasteiger charge is 2.34. The minimum absolute atomic E-state index is 0.0714. The van der Waals surface area contributed by atoms with Gasteiger partial charge < -0.3 is 15.3 Å². The third kappa shape index (κ3) is 3.61. The van der Waals surface area contributed by atoms with Crippen LogP contribution in [0, 0.1) is 5.92 Å². The van der Waals surface area contributed by atoms with Gasteiger partial charge in [-0.3, -0.25) is 4.79 Å². The normalized spacial score (nSPS) is 16.5. The maximum Gasteiger partial charge on any atom is 0.317 e. The lowest BCUT2D eigenvalue weighted by molar-refractivity contribution is -0.139. The number of rotatable bonds is 5. The van der Waals surface area contributed by atoms with E-state index in [0.717, 1.165) is 12.8 Å². The number of amides is 2. The molecule has 0 bridgehead atoms. The van der Waals surface area contributed by atoms with Crippen molar-refractivity contribution < 1.29 is 14.7 Å². The Labute approximate surface area is 102 Å². The monoisotopic (exact) mass is 242 g/mol. The summed E-state index contributed by atoms with van der Waals surface area (Å²) in [5.74, 6) is -0.672. The van der Waals surface area contributed by atoms with Crippen molar-refractivity contribution in [3.05, 3.63) is 0 Å². The number of likely N-dealkylation sites (tertiary alicyclic amines) is 1. The molecule has 2 N–H and O–H groups in total. The Kier molecular flexibility index (Phi) is 4.37. The Morgan fingerprint density at radius 1 is 1.35 bits per heavy atom. The van der Waals surface area contributed by atoms with Crippen molar-refractivity contribution >= 4 is 12.0 Å². The van der Waals surface area contributed by atoms with Gasteiger partial charge in [-0.05, 0) is 19.8 Å². The number of carboxylic acid groups (broad SMARTS) is 1. The second kappa shape index (κ2) is 5.38. The van der Waals surface area contributed by atoms with E-state index in [2.05, 4.69) is 5.32 Å². The summed E-state index contributed by atoms with van der Waals surface area (Å²) in [6.07, 6.45) is 1.94. The van der Waals surface area contributed by atoms with E-state index < -0.39 is 5.97 Å². The molecular formula is C12H22N2O3. The maximum absolute atomic E-state index is 11.9. The average molecular weight is 242 g/mol. The third-order valence-corrected chi connectivity index (χ3v) is 3.68. The first kappa shape index (κ1) is 13.8. The summed E-state index contributed by atoms with van der Waals surface area (Å²) in [6, 6.07) is -0.0714. The molecule has 0 aromatic rings. The Morgan fingerprint density at radius 2 is 1.88 bits per heavy atom. The van der Waals surface area contributed by atoms with E-state index in [1.807, 2.05) is 20.8 Å². The van der Waals surface area contributed by atoms with Gasteiger partial charge in [-0.2, -0.15) is 0 Å². The van der Waals surface area contributed by atoms with E-state index >= 15 is 0 Å². The predicted octanol–water partition coefficient (Wildman–Crippen LogP) is 1.68. The molecule has 1 fully saturated rings. The molecule has 17 heavy (non-hydrogen) atoms. The Hall–Kier alpha value is -1.26. The lowest BCUT2D eigenvalue weighted by Crippen LogP contribution is -2.58. The van der Waals surface area contributed by atoms with Crippen molar-refractivity contribution in [3.63, 3.8) is 0 Å². The fraction of sp³-hybridized carbons (Fsp3) is 0.833. The van der Waals surface area contributed by atoms with Crippen LogP contribution in [0.25, 0.3) is 0 Å². The van der Waals surface area contributed by atoms with E-state index in [9.17, 15) is 9.59 Å². The highest BCUT2D eigenvalue weighted by Crippen LogP contribution is 2.21. The van der Waals surface area contributed by atoms with Gasteiger partial charge >= 0.3 is 12.0 Å². The number of hydrogen-bond acceptors (Lipinski definition) is 2. The van der Waals surface area contributed by atoms with Crippen LogP contribution in [0.4, 0.5) is 4.79 Å². The number of nitrogens with one attached hydrogen (secondary N) is 1. The van der Waals surface area contributed by atoms with Crippen LogP contribution in [-0.2, 0) is 4.79 Å². The van der Waals surface area contributed by atoms with Crippen LogP contribution in [-0.4, -0.2) is 40.6 Å². The molecule has 1 heterocycles. The van der Waals surface area contributed by atoms with Gasteiger partial charge in [-0.25, -0.2) is 4.79 Å². The molecule has 0 atom stereocenters. The molecule has 0 saturated carbocycles. The van der Waals surface area contributed by atoms with Crippen LogP contribution < -0.4 is 5.32 Å². The van der Waals surface area contributed by atoms with Gasteiger partial charge in [0.05, 0.1) is 6.42 Å². The van der Waals surface area contributed by atoms with E-state index in [1.165, 1.54) is 0 Å². The van der Waals surface area contributed by atoms with E-state index in [4.69, 9.17) is 5.11 Å². The quantitative estimate of drug-likeness (QED) is 0.770. The van der Waals surface area contributed by atoms with E-state index in [-0.39, 0.29) is 23.9 Å². The van der Waals surface area contributed by atoms with Crippen molar-refractivity contribution in [2.45, 2.75) is 45.6 Å². The third-order valence-electron chi connectivity index (χ3n) is 3.68. The van der Waals surface area contributed by atoms with E-state index in [1.54, 1.807) is 4.90 Å². The number of aliphatic carboxylic acids is 1. The van der Waals surface area contributed by atoms with Gasteiger partial charge in [-0.15, -0.1) is 0 Å². The summed E-state index contributed by atoms with van der Waals surface area (Å²) in [4.78, 5) is 24.0. The number of urea groups is 1. The summed E-state index contributed by atoms with van der Waals surface area (Å²) in [5, 5.41) is 11.6. The fourth-order valence-electron chi connectivity index (χ4n) is 1.88. The zero-order valence-electron chi connectivity index (χ0n) is 10.8. The second-order valence-electron chi connectivity index (χ2n) is 5.07. The molecule has 98 valence electrons. The molecule has 1 aliphatic rings. The zero-order valence-corrected chi connectivity index (χ0v) is 10.8. The molecule has 0 aromatic carbocycles. The molecular weight excluding hydrogens is 220 g/mol. The summed E-state index contributed by atoms with van der Waals surface area (Å²) < 4.78 is 0. The molecule has 1 rings (SSSR count). The molecule has 5 nitrogen and oxygen atoms in total. The Morgan fingerprint density at radius 3 is 2.29 bits per heavy atom. The smallest absolute Gasteiger partial charge is 0.317 e. The van der Waals surface area contributed by atoms with Gasteiger partial charge in [0.25, 0.3) is 0 Å². The fourth-order valence-corrected chi connectivity index (χ4v) is 1.88. The number of nitrogens with zero attached hydrogens (tertiary/aromatic N) is 1. The van der Waals surface area contributed by atoms with Crippen LogP contribution >= 0.6 is 0 Å². The highest BCUT2D eigenvalue weighted by atomic mass is 16.4. The molecule has 0 aliphatic carbocycles. The van der Waals surface area contributed by atoms with E-state index in [0.29, 0.717) is 13.1 Å². The number of carbonyl (C=O) groups excluding carboxylic acids is 1. The Balaban J connectivity index is 2.35. The minimum Gasteiger partial charge on any atom is -0.481 e. The SMILES string of the molecule is CCC(C)(CC)NC(=O)N1CC(CC(=O)O)C1. The Bertz CT molecular complexity index is 294. The molecule has 0 spiro atoms. The first-order chi connectivity index (χ1) is 7.90. The summed E-state index contributed by atoms with van der Waals surface area (Å²) in [6.45, 7) is 7.24. The van der Waals surface area contributed by atoms with Crippen molar-refractivity contribution in [2.75, 3.05) is 13.1 Å². The lowest BCUT2D eigenvalue weighted by atomic mass is 9.94. The lowest BCUT2D eigenvalue weighted by Gasteiger charge is -2.41. The van der Waals surface area contributed by atoms with Crippen LogP contribution in [0.15, 0.2) is 0 Å². The summed E-state index contributed by atoms with van der Waals surface area (Å²) >= 11 is 0. The molecule has 5 heteroatoms. The first-order valence-electron chi connectivity index (χ1n) is 6.19. The summed E-state index contributed by atoms with van der Waals surface area (Å²) in [7, 11) is 0. The minimum atomic E-state index is -0.790. The standard InChI is InChI=1S/C12H22N2O3/c1-4-12(3,5-2)13-11(17)14-7-9(8-14)6-10(15)16/h9H,4-8H2,1-3H3,(H,13,17)(H,15,16). The van der Waals surface area contributed by atoms with Gasteiger partial charge in [0, 0.05) is 24.5 Å². The molecule has 1 saturated heterocycles. The first-order valence-corrected chi connectivity index (χ1v) is 6.19. The molecule has 0 unspecified atom stereocenters. The van der Waals surface area contributed by atoms with Crippen molar-refractivity contribution in [1.82, 2.24) is 10.2 Å². The number of carbonyl (C=O) groups is 2. The second-order valence-corrected chi connectivity index (χ2v) is 5.07. The van der Waals surface area contributed by atoms with Gasteiger partial charge in [0.15, 0.2) is 0 Å². The van der Waals surface area contributed by atoms with Crippen LogP contribution in [0.3, 0.4) is 0 Å². The van der Waals surface area contributed by atoms with Crippen molar-refractivity contribution in [1.29, 1.82) is 0 Å². The van der Waals surface area contributed by atoms with Crippen molar-refractivity contribution in [2.24, 2.45) is 5.92 Å².